The van der Waals surface area contributed by atoms with E-state index in [2.05, 4.69) is 10.2 Å². The highest BCUT2D eigenvalue weighted by molar-refractivity contribution is 5.78. The van der Waals surface area contributed by atoms with Crippen LogP contribution < -0.4 is 24.3 Å². The van der Waals surface area contributed by atoms with Gasteiger partial charge in [-0.25, -0.2) is 0 Å². The van der Waals surface area contributed by atoms with E-state index in [0.29, 0.717) is 56.3 Å². The first-order valence-electron chi connectivity index (χ1n) is 12.2. The molecule has 0 atom stereocenters. The third-order valence-electron chi connectivity index (χ3n) is 6.31. The molecule has 2 aromatic rings. The van der Waals surface area contributed by atoms with Crippen molar-refractivity contribution in [3.05, 3.63) is 47.5 Å². The van der Waals surface area contributed by atoms with Crippen LogP contribution in [0.25, 0.3) is 0 Å². The second kappa shape index (κ2) is 13.6. The zero-order valence-corrected chi connectivity index (χ0v) is 21.7. The van der Waals surface area contributed by atoms with E-state index < -0.39 is 0 Å². The fourth-order valence-electron chi connectivity index (χ4n) is 4.28. The molecular weight excluding hydrogens is 462 g/mol. The zero-order chi connectivity index (χ0) is 25.9. The highest BCUT2D eigenvalue weighted by Crippen LogP contribution is 2.38. The minimum atomic E-state index is -0.0666. The van der Waals surface area contributed by atoms with Gasteiger partial charge in [0.05, 0.1) is 35.0 Å². The summed E-state index contributed by atoms with van der Waals surface area (Å²) in [6, 6.07) is 11.5. The van der Waals surface area contributed by atoms with Gasteiger partial charge in [-0.05, 0) is 48.2 Å². The third-order valence-corrected chi connectivity index (χ3v) is 6.31. The normalized spacial score (nSPS) is 14.1. The van der Waals surface area contributed by atoms with Crippen LogP contribution in [-0.2, 0) is 22.6 Å². The molecule has 9 heteroatoms. The Hall–Kier alpha value is -3.46. The van der Waals surface area contributed by atoms with Crippen LogP contribution in [0.15, 0.2) is 36.4 Å². The number of nitrogens with one attached hydrogen (secondary N) is 1. The van der Waals surface area contributed by atoms with Crippen LogP contribution in [-0.4, -0.2) is 82.8 Å². The molecule has 0 radical (unpaired) electrons. The first-order chi connectivity index (χ1) is 17.5. The minimum absolute atomic E-state index is 0.0666. The second-order valence-corrected chi connectivity index (χ2v) is 8.67. The van der Waals surface area contributed by atoms with Crippen molar-refractivity contribution < 1.29 is 28.5 Å². The molecule has 0 spiro atoms. The average molecular weight is 500 g/mol. The van der Waals surface area contributed by atoms with E-state index in [4.69, 9.17) is 18.9 Å². The fourth-order valence-corrected chi connectivity index (χ4v) is 4.28. The smallest absolute Gasteiger partial charge is 0.234 e. The molecular formula is C27H37N3O6. The summed E-state index contributed by atoms with van der Waals surface area (Å²) >= 11 is 0. The molecule has 2 amide bonds. The molecule has 0 aromatic heterocycles. The summed E-state index contributed by atoms with van der Waals surface area (Å²) in [7, 11) is 6.32. The van der Waals surface area contributed by atoms with Crippen LogP contribution in [0.5, 0.6) is 23.0 Å². The van der Waals surface area contributed by atoms with Gasteiger partial charge in [0.25, 0.3) is 0 Å². The second-order valence-electron chi connectivity index (χ2n) is 8.67. The largest absolute Gasteiger partial charge is 0.497 e. The third kappa shape index (κ3) is 7.52. The summed E-state index contributed by atoms with van der Waals surface area (Å²) < 4.78 is 21.3. The van der Waals surface area contributed by atoms with Crippen LogP contribution in [0.1, 0.15) is 24.0 Å². The summed E-state index contributed by atoms with van der Waals surface area (Å²) in [6.45, 7) is 3.43. The number of benzene rings is 2. The molecule has 0 bridgehead atoms. The Morgan fingerprint density at radius 3 is 2.14 bits per heavy atom. The summed E-state index contributed by atoms with van der Waals surface area (Å²) in [6.07, 6.45) is 2.02. The molecule has 1 heterocycles. The minimum Gasteiger partial charge on any atom is -0.497 e. The lowest BCUT2D eigenvalue weighted by molar-refractivity contribution is -0.131. The molecule has 0 aliphatic carbocycles. The maximum absolute atomic E-state index is 12.8. The predicted molar refractivity (Wildman–Crippen MR) is 137 cm³/mol. The Kier molecular flexibility index (Phi) is 10.2. The number of hydrogen-bond donors (Lipinski definition) is 1. The number of aryl methyl sites for hydroxylation is 1. The van der Waals surface area contributed by atoms with Crippen molar-refractivity contribution in [2.45, 2.75) is 25.8 Å². The monoisotopic (exact) mass is 499 g/mol. The number of ether oxygens (including phenoxy) is 4. The molecule has 1 aliphatic rings. The Balaban J connectivity index is 1.44. The molecule has 1 aliphatic heterocycles. The van der Waals surface area contributed by atoms with Gasteiger partial charge in [0.15, 0.2) is 11.5 Å². The number of amides is 2. The number of rotatable bonds is 11. The molecule has 1 N–H and O–H groups in total. The number of nitrogens with zero attached hydrogens (tertiary/aromatic N) is 2. The molecule has 3 rings (SSSR count). The maximum atomic E-state index is 12.8. The average Bonchev–Trinajstić information content (AvgIpc) is 3.15. The van der Waals surface area contributed by atoms with Gasteiger partial charge < -0.3 is 29.2 Å². The molecule has 9 nitrogen and oxygen atoms in total. The quantitative estimate of drug-likeness (QED) is 0.508. The lowest BCUT2D eigenvalue weighted by Gasteiger charge is -2.22. The van der Waals surface area contributed by atoms with Crippen LogP contribution in [0.4, 0.5) is 0 Å². The molecule has 1 fully saturated rings. The number of methoxy groups -OCH3 is 4. The Morgan fingerprint density at radius 1 is 0.833 bits per heavy atom. The van der Waals surface area contributed by atoms with E-state index in [1.807, 2.05) is 41.3 Å². The number of hydrogen-bond acceptors (Lipinski definition) is 7. The maximum Gasteiger partial charge on any atom is 0.234 e. The van der Waals surface area contributed by atoms with Crippen molar-refractivity contribution in [1.29, 1.82) is 0 Å². The first-order valence-corrected chi connectivity index (χ1v) is 12.2. The van der Waals surface area contributed by atoms with Gasteiger partial charge in [0.2, 0.25) is 17.6 Å². The van der Waals surface area contributed by atoms with E-state index in [0.717, 1.165) is 29.8 Å². The summed E-state index contributed by atoms with van der Waals surface area (Å²) in [5.74, 6) is 2.51. The Bertz CT molecular complexity index is 986. The summed E-state index contributed by atoms with van der Waals surface area (Å²) in [5, 5.41) is 2.97. The van der Waals surface area contributed by atoms with Crippen molar-refractivity contribution in [1.82, 2.24) is 15.1 Å². The summed E-state index contributed by atoms with van der Waals surface area (Å²) in [5.41, 5.74) is 1.96. The van der Waals surface area contributed by atoms with Gasteiger partial charge in [-0.3, -0.25) is 14.5 Å². The molecule has 0 unspecified atom stereocenters. The van der Waals surface area contributed by atoms with Crippen molar-refractivity contribution in [2.24, 2.45) is 0 Å². The van der Waals surface area contributed by atoms with Crippen molar-refractivity contribution in [2.75, 3.05) is 61.2 Å². The molecule has 36 heavy (non-hydrogen) atoms. The Labute approximate surface area is 213 Å². The van der Waals surface area contributed by atoms with E-state index in [9.17, 15) is 9.59 Å². The van der Waals surface area contributed by atoms with Gasteiger partial charge in [0.1, 0.15) is 5.75 Å². The lowest BCUT2D eigenvalue weighted by Crippen LogP contribution is -2.40. The molecule has 196 valence electrons. The van der Waals surface area contributed by atoms with E-state index >= 15 is 0 Å². The topological polar surface area (TPSA) is 89.6 Å². The fraction of sp³-hybridized carbons (Fsp3) is 0.481. The lowest BCUT2D eigenvalue weighted by atomic mass is 10.1. The number of carbonyl (C=O) groups is 2. The highest BCUT2D eigenvalue weighted by Gasteiger charge is 2.21. The van der Waals surface area contributed by atoms with E-state index in [1.54, 1.807) is 28.4 Å². The summed E-state index contributed by atoms with van der Waals surface area (Å²) in [4.78, 5) is 29.4. The zero-order valence-electron chi connectivity index (χ0n) is 21.7. The van der Waals surface area contributed by atoms with E-state index in [-0.39, 0.29) is 18.4 Å². The molecule has 0 saturated carbocycles. The van der Waals surface area contributed by atoms with Crippen molar-refractivity contribution in [3.8, 4) is 23.0 Å². The van der Waals surface area contributed by atoms with Gasteiger partial charge in [-0.15, -0.1) is 0 Å². The van der Waals surface area contributed by atoms with Gasteiger partial charge in [0, 0.05) is 39.1 Å². The molecule has 1 saturated heterocycles. The van der Waals surface area contributed by atoms with Crippen LogP contribution in [0, 0.1) is 0 Å². The van der Waals surface area contributed by atoms with Gasteiger partial charge in [-0.1, -0.05) is 12.1 Å². The van der Waals surface area contributed by atoms with E-state index in [1.165, 1.54) is 0 Å². The first kappa shape index (κ1) is 27.1. The van der Waals surface area contributed by atoms with Crippen LogP contribution in [0.3, 0.4) is 0 Å². The Morgan fingerprint density at radius 2 is 1.53 bits per heavy atom. The molecule has 2 aromatic carbocycles. The van der Waals surface area contributed by atoms with Gasteiger partial charge in [-0.2, -0.15) is 0 Å². The van der Waals surface area contributed by atoms with Crippen molar-refractivity contribution in [3.63, 3.8) is 0 Å². The standard InChI is InChI=1S/C27H37N3O6/c1-33-22-9-6-20(7-10-22)8-11-26(32)30-13-5-12-29(14-15-30)19-25(31)28-18-21-16-23(34-2)27(36-4)24(17-21)35-3/h6-7,9-10,16-17H,5,8,11-15,18-19H2,1-4H3,(H,28,31). The highest BCUT2D eigenvalue weighted by atomic mass is 16.5. The van der Waals surface area contributed by atoms with Crippen LogP contribution in [0.2, 0.25) is 0 Å². The van der Waals surface area contributed by atoms with Crippen LogP contribution >= 0.6 is 0 Å². The number of carbonyl (C=O) groups excluding carboxylic acids is 2. The van der Waals surface area contributed by atoms with Gasteiger partial charge >= 0.3 is 0 Å². The van der Waals surface area contributed by atoms with Crippen molar-refractivity contribution >= 4 is 11.8 Å². The SMILES string of the molecule is COc1ccc(CCC(=O)N2CCCN(CC(=O)NCc3cc(OC)c(OC)c(OC)c3)CC2)cc1. The predicted octanol–water partition coefficient (Wildman–Crippen LogP) is 2.50.